The zero-order valence-corrected chi connectivity index (χ0v) is 17.4. The Kier molecular flexibility index (Phi) is 4.90. The summed E-state index contributed by atoms with van der Waals surface area (Å²) in [5.41, 5.74) is 1.99. The Morgan fingerprint density at radius 3 is 2.67 bits per heavy atom. The van der Waals surface area contributed by atoms with Crippen molar-refractivity contribution in [2.45, 2.75) is 85.0 Å². The largest absolute Gasteiger partial charge is 0.462 e. The SMILES string of the molecule is CCOC(=O)C(C#N)=C1CCC2C3CCC4CCCCC4(C)C3CCC12C. The predicted molar refractivity (Wildman–Crippen MR) is 106 cm³/mol. The summed E-state index contributed by atoms with van der Waals surface area (Å²) in [7, 11) is 0. The number of rotatable bonds is 2. The minimum atomic E-state index is -0.401. The number of esters is 1. The van der Waals surface area contributed by atoms with E-state index in [9.17, 15) is 10.1 Å². The average Bonchev–Trinajstić information content (AvgIpc) is 2.99. The van der Waals surface area contributed by atoms with E-state index in [1.807, 2.05) is 6.92 Å². The molecular weight excluding hydrogens is 334 g/mol. The lowest BCUT2D eigenvalue weighted by Crippen LogP contribution is -2.52. The van der Waals surface area contributed by atoms with E-state index in [1.165, 1.54) is 44.9 Å². The molecule has 0 N–H and O–H groups in total. The average molecular weight is 370 g/mol. The Labute approximate surface area is 164 Å². The normalized spacial score (nSPS) is 45.1. The molecule has 0 aromatic heterocycles. The predicted octanol–water partition coefficient (Wildman–Crippen LogP) is 5.80. The highest BCUT2D eigenvalue weighted by molar-refractivity contribution is 5.94. The first-order valence-corrected chi connectivity index (χ1v) is 11.3. The summed E-state index contributed by atoms with van der Waals surface area (Å²) in [6, 6.07) is 2.22. The smallest absolute Gasteiger partial charge is 0.348 e. The fourth-order valence-electron chi connectivity index (χ4n) is 7.96. The van der Waals surface area contributed by atoms with Gasteiger partial charge in [0.25, 0.3) is 0 Å². The van der Waals surface area contributed by atoms with E-state index in [2.05, 4.69) is 19.9 Å². The van der Waals surface area contributed by atoms with Gasteiger partial charge in [0.15, 0.2) is 0 Å². The molecule has 3 nitrogen and oxygen atoms in total. The lowest BCUT2D eigenvalue weighted by Gasteiger charge is -2.60. The molecule has 0 bridgehead atoms. The second-order valence-electron chi connectivity index (χ2n) is 10.1. The number of nitriles is 1. The number of hydrogen-bond acceptors (Lipinski definition) is 3. The van der Waals surface area contributed by atoms with Gasteiger partial charge in [-0.1, -0.05) is 26.7 Å². The summed E-state index contributed by atoms with van der Waals surface area (Å²) in [5.74, 6) is 2.80. The molecule has 0 saturated heterocycles. The van der Waals surface area contributed by atoms with Gasteiger partial charge >= 0.3 is 5.97 Å². The molecule has 0 aromatic rings. The van der Waals surface area contributed by atoms with Gasteiger partial charge in [-0.2, -0.15) is 5.26 Å². The van der Waals surface area contributed by atoms with Crippen LogP contribution >= 0.6 is 0 Å². The van der Waals surface area contributed by atoms with E-state index >= 15 is 0 Å². The van der Waals surface area contributed by atoms with Gasteiger partial charge in [0.1, 0.15) is 11.6 Å². The molecule has 6 atom stereocenters. The standard InChI is InChI=1S/C24H35NO2/c1-4-27-22(26)18(15-25)20-11-10-19-17-9-8-16-7-5-6-13-23(16,2)21(17)12-14-24(19,20)3/h16-17,19,21H,4-14H2,1-3H3. The van der Waals surface area contributed by atoms with Crippen LogP contribution in [0.2, 0.25) is 0 Å². The maximum absolute atomic E-state index is 12.4. The highest BCUT2D eigenvalue weighted by Crippen LogP contribution is 2.67. The Morgan fingerprint density at radius 1 is 1.11 bits per heavy atom. The Hall–Kier alpha value is -1.30. The third-order valence-corrected chi connectivity index (χ3v) is 9.26. The van der Waals surface area contributed by atoms with Gasteiger partial charge in [0.2, 0.25) is 0 Å². The minimum absolute atomic E-state index is 0.0247. The van der Waals surface area contributed by atoms with Crippen LogP contribution in [0.1, 0.15) is 85.0 Å². The van der Waals surface area contributed by atoms with Crippen LogP contribution in [0, 0.1) is 45.8 Å². The molecule has 0 spiro atoms. The van der Waals surface area contributed by atoms with Gasteiger partial charge in [0, 0.05) is 0 Å². The number of fused-ring (bicyclic) bond motifs is 5. The van der Waals surface area contributed by atoms with Crippen molar-refractivity contribution < 1.29 is 9.53 Å². The molecule has 0 amide bonds. The molecule has 0 heterocycles. The monoisotopic (exact) mass is 369 g/mol. The molecule has 6 unspecified atom stereocenters. The second kappa shape index (κ2) is 6.94. The van der Waals surface area contributed by atoms with Gasteiger partial charge in [-0.15, -0.1) is 0 Å². The first kappa shape index (κ1) is 19.0. The van der Waals surface area contributed by atoms with Crippen molar-refractivity contribution in [3.63, 3.8) is 0 Å². The lowest BCUT2D eigenvalue weighted by molar-refractivity contribution is -0.138. The van der Waals surface area contributed by atoms with E-state index in [0.29, 0.717) is 23.5 Å². The van der Waals surface area contributed by atoms with Crippen molar-refractivity contribution in [3.8, 4) is 6.07 Å². The molecule has 4 fully saturated rings. The summed E-state index contributed by atoms with van der Waals surface area (Å²) in [6.45, 7) is 7.09. The van der Waals surface area contributed by atoms with Crippen molar-refractivity contribution in [2.24, 2.45) is 34.5 Å². The molecule has 4 rings (SSSR count). The maximum atomic E-state index is 12.4. The molecular formula is C24H35NO2. The third kappa shape index (κ3) is 2.78. The van der Waals surface area contributed by atoms with Gasteiger partial charge < -0.3 is 4.74 Å². The fraction of sp³-hybridized carbons (Fsp3) is 0.833. The first-order chi connectivity index (χ1) is 13.0. The number of allylic oxidation sites excluding steroid dienone is 1. The second-order valence-corrected chi connectivity index (χ2v) is 10.1. The molecule has 4 aliphatic carbocycles. The highest BCUT2D eigenvalue weighted by Gasteiger charge is 2.59. The van der Waals surface area contributed by atoms with Crippen LogP contribution in [0.25, 0.3) is 0 Å². The lowest BCUT2D eigenvalue weighted by atomic mass is 9.45. The number of carbonyl (C=O) groups is 1. The molecule has 0 aliphatic heterocycles. The number of hydrogen-bond donors (Lipinski definition) is 0. The van der Waals surface area contributed by atoms with Crippen molar-refractivity contribution in [2.75, 3.05) is 6.61 Å². The van der Waals surface area contributed by atoms with Crippen molar-refractivity contribution in [3.05, 3.63) is 11.1 Å². The van der Waals surface area contributed by atoms with Crippen molar-refractivity contribution in [1.82, 2.24) is 0 Å². The van der Waals surface area contributed by atoms with Crippen LogP contribution in [-0.4, -0.2) is 12.6 Å². The molecule has 0 aromatic carbocycles. The number of nitrogens with zero attached hydrogens (tertiary/aromatic N) is 1. The molecule has 27 heavy (non-hydrogen) atoms. The molecule has 148 valence electrons. The summed E-state index contributed by atoms with van der Waals surface area (Å²) in [4.78, 5) is 12.4. The van der Waals surface area contributed by atoms with E-state index in [4.69, 9.17) is 4.74 Å². The van der Waals surface area contributed by atoms with Crippen LogP contribution in [0.3, 0.4) is 0 Å². The van der Waals surface area contributed by atoms with E-state index < -0.39 is 5.97 Å². The summed E-state index contributed by atoms with van der Waals surface area (Å²) < 4.78 is 5.21. The molecule has 3 heteroatoms. The number of ether oxygens (including phenoxy) is 1. The Morgan fingerprint density at radius 2 is 1.93 bits per heavy atom. The highest BCUT2D eigenvalue weighted by atomic mass is 16.5. The van der Waals surface area contributed by atoms with Crippen LogP contribution in [0.4, 0.5) is 0 Å². The van der Waals surface area contributed by atoms with Crippen LogP contribution in [0.15, 0.2) is 11.1 Å². The summed E-state index contributed by atoms with van der Waals surface area (Å²) in [6.07, 6.45) is 12.9. The van der Waals surface area contributed by atoms with E-state index in [0.717, 1.165) is 42.6 Å². The molecule has 0 radical (unpaired) electrons. The Balaban J connectivity index is 1.65. The maximum Gasteiger partial charge on any atom is 0.348 e. The van der Waals surface area contributed by atoms with E-state index in [1.54, 1.807) is 0 Å². The zero-order chi connectivity index (χ0) is 19.2. The molecule has 4 saturated carbocycles. The van der Waals surface area contributed by atoms with Crippen molar-refractivity contribution >= 4 is 5.97 Å². The van der Waals surface area contributed by atoms with Crippen LogP contribution in [-0.2, 0) is 9.53 Å². The van der Waals surface area contributed by atoms with E-state index in [-0.39, 0.29) is 5.41 Å². The first-order valence-electron chi connectivity index (χ1n) is 11.3. The quantitative estimate of drug-likeness (QED) is 0.351. The number of carbonyl (C=O) groups excluding carboxylic acids is 1. The fourth-order valence-corrected chi connectivity index (χ4v) is 7.96. The van der Waals surface area contributed by atoms with Crippen LogP contribution in [0.5, 0.6) is 0 Å². The summed E-state index contributed by atoms with van der Waals surface area (Å²) in [5, 5.41) is 9.71. The van der Waals surface area contributed by atoms with Gasteiger partial charge in [-0.05, 0) is 98.4 Å². The summed E-state index contributed by atoms with van der Waals surface area (Å²) >= 11 is 0. The zero-order valence-electron chi connectivity index (χ0n) is 17.4. The minimum Gasteiger partial charge on any atom is -0.462 e. The Bertz CT molecular complexity index is 689. The van der Waals surface area contributed by atoms with Gasteiger partial charge in [-0.25, -0.2) is 4.79 Å². The van der Waals surface area contributed by atoms with Gasteiger partial charge in [0.05, 0.1) is 6.61 Å². The third-order valence-electron chi connectivity index (χ3n) is 9.26. The van der Waals surface area contributed by atoms with Gasteiger partial charge in [-0.3, -0.25) is 0 Å². The van der Waals surface area contributed by atoms with Crippen molar-refractivity contribution in [1.29, 1.82) is 5.26 Å². The molecule has 4 aliphatic rings. The topological polar surface area (TPSA) is 50.1 Å². The van der Waals surface area contributed by atoms with Crippen LogP contribution < -0.4 is 0 Å².